The van der Waals surface area contributed by atoms with Crippen LogP contribution in [0.5, 0.6) is 11.5 Å². The molecule has 17 heavy (non-hydrogen) atoms. The molecule has 1 aromatic rings. The average molecular weight is 306 g/mol. The molecule has 0 radical (unpaired) electrons. The summed E-state index contributed by atoms with van der Waals surface area (Å²) < 4.78 is 5.17. The van der Waals surface area contributed by atoms with Gasteiger partial charge in [-0.1, -0.05) is 15.9 Å². The summed E-state index contributed by atoms with van der Waals surface area (Å²) in [5.41, 5.74) is 5.07. The Bertz CT molecular complexity index is 437. The Labute approximate surface area is 106 Å². The molecule has 6 nitrogen and oxygen atoms in total. The first-order valence-electron chi connectivity index (χ1n) is 4.60. The van der Waals surface area contributed by atoms with Crippen molar-refractivity contribution in [3.8, 4) is 11.5 Å². The molecule has 2 unspecified atom stereocenters. The van der Waals surface area contributed by atoms with E-state index in [9.17, 15) is 20.1 Å². The fourth-order valence-corrected chi connectivity index (χ4v) is 1.84. The molecule has 0 aliphatic heterocycles. The molecule has 0 aliphatic carbocycles. The number of aliphatic hydroxyl groups excluding tert-OH is 2. The predicted molar refractivity (Wildman–Crippen MR) is 62.5 cm³/mol. The Hall–Kier alpha value is -1.31. The minimum Gasteiger partial charge on any atom is -0.504 e. The highest BCUT2D eigenvalue weighted by Crippen LogP contribution is 2.36. The lowest BCUT2D eigenvalue weighted by molar-refractivity contribution is -0.132. The smallest absolute Gasteiger partial charge is 0.249 e. The molecule has 0 bridgehead atoms. The number of nitrogens with two attached hydrogens (primary N) is 1. The van der Waals surface area contributed by atoms with Gasteiger partial charge in [0.15, 0.2) is 17.6 Å². The van der Waals surface area contributed by atoms with Gasteiger partial charge in [0.1, 0.15) is 6.10 Å². The molecule has 5 N–H and O–H groups in total. The van der Waals surface area contributed by atoms with E-state index in [0.717, 1.165) is 0 Å². The highest BCUT2D eigenvalue weighted by atomic mass is 79.9. The van der Waals surface area contributed by atoms with Gasteiger partial charge in [0.25, 0.3) is 0 Å². The molecule has 2 atom stereocenters. The third-order valence-electron chi connectivity index (χ3n) is 2.21. The number of methoxy groups -OCH3 is 1. The second-order valence-electron chi connectivity index (χ2n) is 3.34. The summed E-state index contributed by atoms with van der Waals surface area (Å²) in [4.78, 5) is 10.8. The Balaban J connectivity index is 3.17. The zero-order valence-electron chi connectivity index (χ0n) is 8.92. The standard InChI is InChI=1S/C10H12BrNO5/c1-17-7-2-4(5(11)3-6(7)13)8(14)9(15)10(12)16/h2-3,8-9,13-15H,1H3,(H2,12,16). The van der Waals surface area contributed by atoms with Gasteiger partial charge in [0.05, 0.1) is 7.11 Å². The molecular formula is C10H12BrNO5. The largest absolute Gasteiger partial charge is 0.504 e. The minimum absolute atomic E-state index is 0.110. The molecule has 0 saturated heterocycles. The number of primary amides is 1. The summed E-state index contributed by atoms with van der Waals surface area (Å²) in [5, 5.41) is 28.5. The normalized spacial score (nSPS) is 14.1. The lowest BCUT2D eigenvalue weighted by atomic mass is 10.0. The molecule has 7 heteroatoms. The number of rotatable bonds is 4. The summed E-state index contributed by atoms with van der Waals surface area (Å²) >= 11 is 3.09. The number of aliphatic hydroxyl groups is 2. The molecule has 1 aromatic carbocycles. The minimum atomic E-state index is -1.74. The highest BCUT2D eigenvalue weighted by molar-refractivity contribution is 9.10. The van der Waals surface area contributed by atoms with Crippen LogP contribution in [0.15, 0.2) is 16.6 Å². The average Bonchev–Trinajstić information content (AvgIpc) is 2.27. The van der Waals surface area contributed by atoms with Gasteiger partial charge in [0, 0.05) is 10.0 Å². The second-order valence-corrected chi connectivity index (χ2v) is 4.19. The monoisotopic (exact) mass is 305 g/mol. The Morgan fingerprint density at radius 3 is 2.53 bits per heavy atom. The van der Waals surface area contributed by atoms with Gasteiger partial charge in [-0.15, -0.1) is 0 Å². The van der Waals surface area contributed by atoms with Gasteiger partial charge in [-0.25, -0.2) is 0 Å². The van der Waals surface area contributed by atoms with Gasteiger partial charge in [-0.3, -0.25) is 4.79 Å². The molecule has 1 amide bonds. The van der Waals surface area contributed by atoms with E-state index in [-0.39, 0.29) is 17.1 Å². The van der Waals surface area contributed by atoms with Crippen LogP contribution < -0.4 is 10.5 Å². The third kappa shape index (κ3) is 2.87. The number of aromatic hydroxyl groups is 1. The van der Waals surface area contributed by atoms with Gasteiger partial charge >= 0.3 is 0 Å². The van der Waals surface area contributed by atoms with Crippen LogP contribution in [-0.4, -0.2) is 34.4 Å². The van der Waals surface area contributed by atoms with Crippen molar-refractivity contribution in [3.05, 3.63) is 22.2 Å². The zero-order valence-corrected chi connectivity index (χ0v) is 10.5. The van der Waals surface area contributed by atoms with Crippen molar-refractivity contribution in [3.63, 3.8) is 0 Å². The van der Waals surface area contributed by atoms with Crippen LogP contribution in [0.3, 0.4) is 0 Å². The van der Waals surface area contributed by atoms with Gasteiger partial charge < -0.3 is 25.8 Å². The van der Waals surface area contributed by atoms with Crippen molar-refractivity contribution in [1.82, 2.24) is 0 Å². The van der Waals surface area contributed by atoms with Crippen LogP contribution in [0.25, 0.3) is 0 Å². The molecule has 0 spiro atoms. The van der Waals surface area contributed by atoms with Gasteiger partial charge in [-0.05, 0) is 12.1 Å². The van der Waals surface area contributed by atoms with E-state index in [1.165, 1.54) is 19.2 Å². The molecule has 1 rings (SSSR count). The number of phenolic OH excluding ortho intramolecular Hbond substituents is 1. The topological polar surface area (TPSA) is 113 Å². The Morgan fingerprint density at radius 1 is 1.47 bits per heavy atom. The summed E-state index contributed by atoms with van der Waals surface area (Å²) in [6.07, 6.45) is -3.24. The van der Waals surface area contributed by atoms with E-state index in [1.807, 2.05) is 0 Å². The number of carbonyl (C=O) groups excluding carboxylic acids is 1. The van der Waals surface area contributed by atoms with Crippen LogP contribution in [0, 0.1) is 0 Å². The molecule has 0 aromatic heterocycles. The second kappa shape index (κ2) is 5.35. The summed E-state index contributed by atoms with van der Waals surface area (Å²) in [5.74, 6) is -1.07. The third-order valence-corrected chi connectivity index (χ3v) is 2.89. The van der Waals surface area contributed by atoms with E-state index in [2.05, 4.69) is 15.9 Å². The summed E-state index contributed by atoms with van der Waals surface area (Å²) in [7, 11) is 1.34. The lowest BCUT2D eigenvalue weighted by Crippen LogP contribution is -2.34. The van der Waals surface area contributed by atoms with Crippen LogP contribution in [-0.2, 0) is 4.79 Å². The van der Waals surface area contributed by atoms with E-state index in [4.69, 9.17) is 10.5 Å². The lowest BCUT2D eigenvalue weighted by Gasteiger charge is -2.17. The highest BCUT2D eigenvalue weighted by Gasteiger charge is 2.26. The summed E-state index contributed by atoms with van der Waals surface area (Å²) in [6, 6.07) is 2.58. The number of halogens is 1. The van der Waals surface area contributed by atoms with E-state index in [0.29, 0.717) is 4.47 Å². The first-order valence-corrected chi connectivity index (χ1v) is 5.39. The number of hydrogen-bond acceptors (Lipinski definition) is 5. The number of hydrogen-bond donors (Lipinski definition) is 4. The Morgan fingerprint density at radius 2 is 2.06 bits per heavy atom. The zero-order chi connectivity index (χ0) is 13.2. The number of ether oxygens (including phenoxy) is 1. The van der Waals surface area contributed by atoms with Crippen molar-refractivity contribution >= 4 is 21.8 Å². The maximum atomic E-state index is 10.8. The molecule has 0 heterocycles. The molecule has 0 fully saturated rings. The van der Waals surface area contributed by atoms with E-state index >= 15 is 0 Å². The maximum Gasteiger partial charge on any atom is 0.249 e. The number of phenols is 1. The number of benzene rings is 1. The fraction of sp³-hybridized carbons (Fsp3) is 0.300. The SMILES string of the molecule is COc1cc(C(O)C(O)C(N)=O)c(Br)cc1O. The van der Waals surface area contributed by atoms with E-state index < -0.39 is 18.1 Å². The van der Waals surface area contributed by atoms with Crippen molar-refractivity contribution in [2.45, 2.75) is 12.2 Å². The molecule has 0 aliphatic rings. The van der Waals surface area contributed by atoms with Crippen molar-refractivity contribution in [2.24, 2.45) is 5.73 Å². The van der Waals surface area contributed by atoms with Crippen molar-refractivity contribution in [2.75, 3.05) is 7.11 Å². The van der Waals surface area contributed by atoms with Crippen LogP contribution in [0.2, 0.25) is 0 Å². The van der Waals surface area contributed by atoms with E-state index in [1.54, 1.807) is 0 Å². The fourth-order valence-electron chi connectivity index (χ4n) is 1.27. The predicted octanol–water partition coefficient (Wildman–Crippen LogP) is 0.0429. The molecule has 0 saturated carbocycles. The Kier molecular flexibility index (Phi) is 4.33. The first-order chi connectivity index (χ1) is 7.88. The summed E-state index contributed by atoms with van der Waals surface area (Å²) in [6.45, 7) is 0. The van der Waals surface area contributed by atoms with Crippen LogP contribution in [0.1, 0.15) is 11.7 Å². The molecule has 94 valence electrons. The number of carbonyl (C=O) groups is 1. The van der Waals surface area contributed by atoms with Crippen molar-refractivity contribution in [1.29, 1.82) is 0 Å². The van der Waals surface area contributed by atoms with Gasteiger partial charge in [0.2, 0.25) is 5.91 Å². The first kappa shape index (κ1) is 13.8. The number of amides is 1. The van der Waals surface area contributed by atoms with Crippen molar-refractivity contribution < 1.29 is 24.9 Å². The maximum absolute atomic E-state index is 10.8. The van der Waals surface area contributed by atoms with Crippen LogP contribution in [0.4, 0.5) is 0 Å². The quantitative estimate of drug-likeness (QED) is 0.627. The van der Waals surface area contributed by atoms with Gasteiger partial charge in [-0.2, -0.15) is 0 Å². The molecular weight excluding hydrogens is 294 g/mol. The van der Waals surface area contributed by atoms with Crippen LogP contribution >= 0.6 is 15.9 Å².